The fourth-order valence-electron chi connectivity index (χ4n) is 10.3. The van der Waals surface area contributed by atoms with E-state index in [1.807, 2.05) is 12.4 Å². The highest BCUT2D eigenvalue weighted by molar-refractivity contribution is 5.89. The summed E-state index contributed by atoms with van der Waals surface area (Å²) in [5.41, 5.74) is 8.97. The minimum absolute atomic E-state index is 0.0414. The van der Waals surface area contributed by atoms with E-state index in [0.29, 0.717) is 48.6 Å². The number of amides is 2. The zero-order chi connectivity index (χ0) is 37.9. The molecule has 6 heterocycles. The van der Waals surface area contributed by atoms with E-state index in [1.165, 1.54) is 22.3 Å². The number of carbonyl (C=O) groups excluding carboxylic acids is 2. The van der Waals surface area contributed by atoms with Crippen molar-refractivity contribution in [3.8, 4) is 22.5 Å². The molecular weight excluding hydrogens is 701 g/mol. The van der Waals surface area contributed by atoms with Crippen molar-refractivity contribution >= 4 is 23.0 Å². The molecule has 6 aliphatic rings. The van der Waals surface area contributed by atoms with Crippen molar-refractivity contribution in [2.24, 2.45) is 23.7 Å². The van der Waals surface area contributed by atoms with Crippen LogP contribution in [0.15, 0.2) is 60.9 Å². The van der Waals surface area contributed by atoms with Gasteiger partial charge < -0.3 is 29.2 Å². The predicted molar refractivity (Wildman–Crippen MR) is 215 cm³/mol. The lowest BCUT2D eigenvalue weighted by molar-refractivity contribution is -0.136. The number of ether oxygens (including phenoxy) is 2. The van der Waals surface area contributed by atoms with Crippen molar-refractivity contribution in [3.05, 3.63) is 83.7 Å². The van der Waals surface area contributed by atoms with Crippen LogP contribution in [0.5, 0.6) is 0 Å². The Morgan fingerprint density at radius 2 is 1.00 bits per heavy atom. The number of imidazole rings is 2. The van der Waals surface area contributed by atoms with Crippen molar-refractivity contribution in [2.75, 3.05) is 26.4 Å². The number of nitrogens with zero attached hydrogens (tertiary/aromatic N) is 4. The maximum atomic E-state index is 13.5. The third-order valence-corrected chi connectivity index (χ3v) is 14.0. The maximum Gasteiger partial charge on any atom is 0.223 e. The van der Waals surface area contributed by atoms with Gasteiger partial charge in [-0.15, -0.1) is 0 Å². The number of carbonyl (C=O) groups is 2. The van der Waals surface area contributed by atoms with E-state index in [-0.39, 0.29) is 23.9 Å². The third kappa shape index (κ3) is 6.93. The molecule has 10 heteroatoms. The van der Waals surface area contributed by atoms with Crippen LogP contribution in [0.2, 0.25) is 0 Å². The number of allylic oxidation sites excluding steroid dienone is 2. The summed E-state index contributed by atoms with van der Waals surface area (Å²) >= 11 is 0. The fraction of sp³-hybridized carbons (Fsp3) is 0.522. The molecule has 4 saturated heterocycles. The second-order valence-corrected chi connectivity index (χ2v) is 17.5. The highest BCUT2D eigenvalue weighted by Gasteiger charge is 2.56. The number of hydrogen-bond donors (Lipinski definition) is 2. The lowest BCUT2D eigenvalue weighted by Gasteiger charge is -2.29. The molecule has 10 nitrogen and oxygen atoms in total. The molecule has 2 saturated carbocycles. The van der Waals surface area contributed by atoms with Crippen LogP contribution in [0, 0.1) is 23.7 Å². The van der Waals surface area contributed by atoms with Gasteiger partial charge in [0, 0.05) is 51.4 Å². The Labute approximate surface area is 329 Å². The summed E-state index contributed by atoms with van der Waals surface area (Å²) in [5, 5.41) is 0. The van der Waals surface area contributed by atoms with Gasteiger partial charge in [0.05, 0.1) is 35.9 Å². The number of aromatic nitrogens is 4. The Morgan fingerprint density at radius 1 is 0.607 bits per heavy atom. The molecule has 2 aromatic carbocycles. The van der Waals surface area contributed by atoms with Crippen LogP contribution in [-0.4, -0.2) is 80.1 Å². The van der Waals surface area contributed by atoms with Crippen molar-refractivity contribution < 1.29 is 19.1 Å². The molecule has 4 aliphatic heterocycles. The minimum atomic E-state index is 0.0414. The Bertz CT molecular complexity index is 1960. The molecule has 6 fully saturated rings. The van der Waals surface area contributed by atoms with Gasteiger partial charge in [-0.25, -0.2) is 9.97 Å². The zero-order valence-electron chi connectivity index (χ0n) is 32.7. The summed E-state index contributed by atoms with van der Waals surface area (Å²) in [6, 6.07) is 18.3. The molecule has 2 aliphatic carbocycles. The third-order valence-electron chi connectivity index (χ3n) is 14.0. The summed E-state index contributed by atoms with van der Waals surface area (Å²) in [5.74, 6) is 4.48. The molecule has 0 radical (unpaired) electrons. The number of hydrogen-bond acceptors (Lipinski definition) is 6. The second kappa shape index (κ2) is 14.8. The molecule has 0 spiro atoms. The minimum Gasteiger partial charge on any atom is -0.381 e. The Hall–Kier alpha value is -4.54. The first kappa shape index (κ1) is 35.8. The topological polar surface area (TPSA) is 116 Å². The average Bonchev–Trinajstić information content (AvgIpc) is 3.81. The van der Waals surface area contributed by atoms with Crippen LogP contribution >= 0.6 is 0 Å². The molecule has 292 valence electrons. The average molecular weight is 755 g/mol. The molecule has 2 aromatic heterocycles. The van der Waals surface area contributed by atoms with Gasteiger partial charge in [-0.2, -0.15) is 0 Å². The number of H-pyrrole nitrogens is 2. The van der Waals surface area contributed by atoms with Gasteiger partial charge in [-0.1, -0.05) is 48.5 Å². The van der Waals surface area contributed by atoms with Gasteiger partial charge in [0.15, 0.2) is 0 Å². The number of benzene rings is 2. The monoisotopic (exact) mass is 754 g/mol. The number of likely N-dealkylation sites (tertiary alicyclic amines) is 2. The van der Waals surface area contributed by atoms with Gasteiger partial charge >= 0.3 is 0 Å². The van der Waals surface area contributed by atoms with Gasteiger partial charge in [-0.3, -0.25) is 9.59 Å². The number of nitrogens with one attached hydrogen (secondary N) is 2. The van der Waals surface area contributed by atoms with Crippen LogP contribution in [0.3, 0.4) is 0 Å². The molecule has 56 heavy (non-hydrogen) atoms. The van der Waals surface area contributed by atoms with E-state index < -0.39 is 0 Å². The Balaban J connectivity index is 0.788. The van der Waals surface area contributed by atoms with Crippen molar-refractivity contribution in [2.45, 2.75) is 102 Å². The maximum absolute atomic E-state index is 13.5. The lowest BCUT2D eigenvalue weighted by atomic mass is 9.95. The van der Waals surface area contributed by atoms with Gasteiger partial charge in [0.1, 0.15) is 11.6 Å². The van der Waals surface area contributed by atoms with E-state index in [1.54, 1.807) is 0 Å². The fourth-order valence-corrected chi connectivity index (χ4v) is 10.3. The largest absolute Gasteiger partial charge is 0.381 e. The quantitative estimate of drug-likeness (QED) is 0.157. The summed E-state index contributed by atoms with van der Waals surface area (Å²) in [7, 11) is 0. The van der Waals surface area contributed by atoms with Crippen molar-refractivity contribution in [1.29, 1.82) is 0 Å². The SMILES string of the molecule is C/C(=C(/C)c1ccc(-c2cnc([C@@H]3C[C@H]4C[C@H]4N3C(=O)CC3CCOCC3)[nH]2)cc1)c1ccc(-c2cnc(C3CC4CC4N3C(=O)CC3CCOCC3)[nH]2)cc1. The predicted octanol–water partition coefficient (Wildman–Crippen LogP) is 8.37. The molecule has 2 N–H and O–H groups in total. The van der Waals surface area contributed by atoms with Crippen molar-refractivity contribution in [3.63, 3.8) is 0 Å². The van der Waals surface area contributed by atoms with E-state index in [9.17, 15) is 9.59 Å². The molecule has 0 bridgehead atoms. The summed E-state index contributed by atoms with van der Waals surface area (Å²) in [4.78, 5) is 48.2. The number of fused-ring (bicyclic) bond motifs is 2. The van der Waals surface area contributed by atoms with Gasteiger partial charge in [-0.05, 0) is 122 Å². The number of piperidine rings is 2. The smallest absolute Gasteiger partial charge is 0.223 e. The van der Waals surface area contributed by atoms with E-state index >= 15 is 0 Å². The van der Waals surface area contributed by atoms with Crippen molar-refractivity contribution in [1.82, 2.24) is 29.7 Å². The highest BCUT2D eigenvalue weighted by atomic mass is 16.5. The second-order valence-electron chi connectivity index (χ2n) is 17.5. The molecular formula is C46H54N6O4. The first-order chi connectivity index (χ1) is 27.4. The molecule has 2 amide bonds. The summed E-state index contributed by atoms with van der Waals surface area (Å²) in [6.07, 6.45) is 13.3. The summed E-state index contributed by atoms with van der Waals surface area (Å²) in [6.45, 7) is 7.46. The van der Waals surface area contributed by atoms with E-state index in [2.05, 4.69) is 82.1 Å². The molecule has 6 atom stereocenters. The van der Waals surface area contributed by atoms with Crippen LogP contribution < -0.4 is 0 Å². The van der Waals surface area contributed by atoms with E-state index in [4.69, 9.17) is 19.4 Å². The lowest BCUT2D eigenvalue weighted by Crippen LogP contribution is -2.36. The van der Waals surface area contributed by atoms with Crippen LogP contribution in [0.25, 0.3) is 33.7 Å². The molecule has 3 unspecified atom stereocenters. The molecule has 10 rings (SSSR count). The normalized spacial score (nSPS) is 27.9. The number of rotatable bonds is 10. The Kier molecular flexibility index (Phi) is 9.45. The first-order valence-electron chi connectivity index (χ1n) is 21.1. The molecule has 4 aromatic rings. The van der Waals surface area contributed by atoms with Gasteiger partial charge in [0.25, 0.3) is 0 Å². The van der Waals surface area contributed by atoms with Gasteiger partial charge in [0.2, 0.25) is 11.8 Å². The summed E-state index contributed by atoms with van der Waals surface area (Å²) < 4.78 is 11.0. The van der Waals surface area contributed by atoms with Crippen LogP contribution in [0.4, 0.5) is 0 Å². The standard InChI is InChI=1S/C46H54N6O4/c1-27(31-3-7-33(8-4-31)37-25-47-45(49-37)41-23-35-21-39(35)51(41)43(53)19-29-11-15-55-16-12-29)28(2)32-5-9-34(10-6-32)38-26-48-46(50-38)42-24-36-22-40(36)52(42)44(54)20-30-13-17-56-18-14-30/h3-10,25-26,29-30,35-36,39-42H,11-24H2,1-2H3,(H,47,49)(H,48,50)/b28-27+/t35-,36?,39-,40?,41+,42?/m1/s1. The van der Waals surface area contributed by atoms with Crippen LogP contribution in [-0.2, 0) is 19.1 Å². The Morgan fingerprint density at radius 3 is 1.39 bits per heavy atom. The number of aromatic amines is 2. The van der Waals surface area contributed by atoms with E-state index in [0.717, 1.165) is 112 Å². The first-order valence-corrected chi connectivity index (χ1v) is 21.1. The van der Waals surface area contributed by atoms with Crippen LogP contribution in [0.1, 0.15) is 113 Å². The zero-order valence-corrected chi connectivity index (χ0v) is 32.7. The highest BCUT2D eigenvalue weighted by Crippen LogP contribution is 2.54.